The number of para-hydroxylation sites is 1. The number of sulfone groups is 1. The van der Waals surface area contributed by atoms with Crippen LogP contribution >= 0.6 is 0 Å². The number of hydrogen-bond acceptors (Lipinski definition) is 4. The minimum absolute atomic E-state index is 0.0855. The summed E-state index contributed by atoms with van der Waals surface area (Å²) >= 11 is 0. The lowest BCUT2D eigenvalue weighted by atomic mass is 10.2. The molecule has 0 aliphatic rings. The lowest BCUT2D eigenvalue weighted by Crippen LogP contribution is -2.00. The Balaban J connectivity index is 2.33. The third kappa shape index (κ3) is 3.16. The van der Waals surface area contributed by atoms with E-state index in [0.717, 1.165) is 6.26 Å². The monoisotopic (exact) mass is 292 g/mol. The van der Waals surface area contributed by atoms with Crippen LogP contribution in [0.4, 0.5) is 0 Å². The van der Waals surface area contributed by atoms with E-state index in [0.29, 0.717) is 5.75 Å². The number of carbonyl (C=O) groups is 1. The molecule has 2 aromatic rings. The Hall–Kier alpha value is -2.34. The summed E-state index contributed by atoms with van der Waals surface area (Å²) in [6.07, 6.45) is 1.10. The molecule has 0 heterocycles. The first-order valence-corrected chi connectivity index (χ1v) is 7.57. The van der Waals surface area contributed by atoms with Gasteiger partial charge >= 0.3 is 5.97 Å². The average molecular weight is 292 g/mol. The largest absolute Gasteiger partial charge is 0.478 e. The molecule has 0 aromatic heterocycles. The number of hydrogen-bond donors (Lipinski definition) is 1. The van der Waals surface area contributed by atoms with Gasteiger partial charge in [0, 0.05) is 6.26 Å². The maximum absolute atomic E-state index is 11.6. The van der Waals surface area contributed by atoms with Crippen LogP contribution in [0.5, 0.6) is 11.5 Å². The molecule has 104 valence electrons. The summed E-state index contributed by atoms with van der Waals surface area (Å²) in [6, 6.07) is 12.0. The Bertz CT molecular complexity index is 732. The Morgan fingerprint density at radius 2 is 1.65 bits per heavy atom. The highest BCUT2D eigenvalue weighted by atomic mass is 32.2. The molecule has 0 bridgehead atoms. The van der Waals surface area contributed by atoms with E-state index >= 15 is 0 Å². The van der Waals surface area contributed by atoms with Gasteiger partial charge < -0.3 is 9.84 Å². The topological polar surface area (TPSA) is 80.7 Å². The SMILES string of the molecule is CS(=O)(=O)c1ccccc1Oc1ccc(C(=O)O)cc1. The van der Waals surface area contributed by atoms with E-state index in [2.05, 4.69) is 0 Å². The van der Waals surface area contributed by atoms with E-state index in [1.165, 1.54) is 30.3 Å². The minimum atomic E-state index is -3.39. The van der Waals surface area contributed by atoms with Crippen LogP contribution in [0.1, 0.15) is 10.4 Å². The Morgan fingerprint density at radius 3 is 2.20 bits per heavy atom. The number of benzene rings is 2. The molecule has 0 radical (unpaired) electrons. The molecule has 0 aliphatic carbocycles. The molecule has 0 saturated heterocycles. The van der Waals surface area contributed by atoms with Gasteiger partial charge in [0.2, 0.25) is 0 Å². The molecular weight excluding hydrogens is 280 g/mol. The van der Waals surface area contributed by atoms with Crippen molar-refractivity contribution >= 4 is 15.8 Å². The maximum atomic E-state index is 11.6. The molecule has 1 N–H and O–H groups in total. The summed E-state index contributed by atoms with van der Waals surface area (Å²) in [5, 5.41) is 8.80. The maximum Gasteiger partial charge on any atom is 0.335 e. The lowest BCUT2D eigenvalue weighted by Gasteiger charge is -2.09. The molecule has 2 rings (SSSR count). The predicted molar refractivity (Wildman–Crippen MR) is 73.0 cm³/mol. The summed E-state index contributed by atoms with van der Waals surface area (Å²) in [6.45, 7) is 0. The van der Waals surface area contributed by atoms with Gasteiger partial charge in [0.15, 0.2) is 9.84 Å². The van der Waals surface area contributed by atoms with Crippen molar-refractivity contribution in [2.45, 2.75) is 4.90 Å². The average Bonchev–Trinajstić information content (AvgIpc) is 2.38. The zero-order valence-corrected chi connectivity index (χ0v) is 11.4. The minimum Gasteiger partial charge on any atom is -0.478 e. The number of aromatic carboxylic acids is 1. The number of carboxylic acid groups (broad SMARTS) is 1. The first kappa shape index (κ1) is 14.1. The number of carboxylic acids is 1. The second-order valence-electron chi connectivity index (χ2n) is 4.15. The zero-order valence-electron chi connectivity index (χ0n) is 10.6. The molecule has 6 heteroatoms. The van der Waals surface area contributed by atoms with Crippen molar-refractivity contribution < 1.29 is 23.1 Å². The fourth-order valence-electron chi connectivity index (χ4n) is 1.63. The molecule has 2 aromatic carbocycles. The summed E-state index contributed by atoms with van der Waals surface area (Å²) in [4.78, 5) is 10.8. The van der Waals surface area contributed by atoms with E-state index in [4.69, 9.17) is 9.84 Å². The van der Waals surface area contributed by atoms with Gasteiger partial charge in [-0.05, 0) is 36.4 Å². The first-order chi connectivity index (χ1) is 9.38. The first-order valence-electron chi connectivity index (χ1n) is 5.68. The van der Waals surface area contributed by atoms with Crippen LogP contribution in [0.15, 0.2) is 53.4 Å². The van der Waals surface area contributed by atoms with Crippen LogP contribution in [0.3, 0.4) is 0 Å². The van der Waals surface area contributed by atoms with E-state index in [-0.39, 0.29) is 16.2 Å². The van der Waals surface area contributed by atoms with E-state index in [9.17, 15) is 13.2 Å². The van der Waals surface area contributed by atoms with Crippen molar-refractivity contribution in [3.05, 3.63) is 54.1 Å². The van der Waals surface area contributed by atoms with Crippen LogP contribution < -0.4 is 4.74 Å². The van der Waals surface area contributed by atoms with Crippen molar-refractivity contribution in [1.82, 2.24) is 0 Å². The second-order valence-corrected chi connectivity index (χ2v) is 6.13. The fourth-order valence-corrected chi connectivity index (χ4v) is 2.43. The third-order valence-corrected chi connectivity index (χ3v) is 3.71. The zero-order chi connectivity index (χ0) is 14.8. The van der Waals surface area contributed by atoms with E-state index in [1.807, 2.05) is 0 Å². The van der Waals surface area contributed by atoms with Gasteiger partial charge in [-0.3, -0.25) is 0 Å². The highest BCUT2D eigenvalue weighted by molar-refractivity contribution is 7.90. The van der Waals surface area contributed by atoms with Gasteiger partial charge in [-0.25, -0.2) is 13.2 Å². The molecule has 0 saturated carbocycles. The van der Waals surface area contributed by atoms with Crippen LogP contribution in [0, 0.1) is 0 Å². The molecule has 0 aliphatic heterocycles. The van der Waals surface area contributed by atoms with Crippen molar-refractivity contribution in [1.29, 1.82) is 0 Å². The number of ether oxygens (including phenoxy) is 1. The van der Waals surface area contributed by atoms with Crippen molar-refractivity contribution in [2.24, 2.45) is 0 Å². The second kappa shape index (κ2) is 5.34. The standard InChI is InChI=1S/C14H12O5S/c1-20(17,18)13-5-3-2-4-12(13)19-11-8-6-10(7-9-11)14(15)16/h2-9H,1H3,(H,15,16). The van der Waals surface area contributed by atoms with E-state index < -0.39 is 15.8 Å². The summed E-state index contributed by atoms with van der Waals surface area (Å²) in [5.74, 6) is -0.461. The molecule has 0 amide bonds. The molecule has 0 spiro atoms. The van der Waals surface area contributed by atoms with Gasteiger partial charge in [0.1, 0.15) is 16.4 Å². The van der Waals surface area contributed by atoms with Crippen molar-refractivity contribution in [3.63, 3.8) is 0 Å². The molecule has 0 unspecified atom stereocenters. The highest BCUT2D eigenvalue weighted by Gasteiger charge is 2.14. The van der Waals surface area contributed by atoms with E-state index in [1.54, 1.807) is 18.2 Å². The predicted octanol–water partition coefficient (Wildman–Crippen LogP) is 2.58. The van der Waals surface area contributed by atoms with Crippen LogP contribution in [0.2, 0.25) is 0 Å². The van der Waals surface area contributed by atoms with Gasteiger partial charge in [-0.1, -0.05) is 12.1 Å². The Morgan fingerprint density at radius 1 is 1.05 bits per heavy atom. The quantitative estimate of drug-likeness (QED) is 0.936. The Kier molecular flexibility index (Phi) is 3.76. The van der Waals surface area contributed by atoms with Gasteiger partial charge in [-0.15, -0.1) is 0 Å². The van der Waals surface area contributed by atoms with Gasteiger partial charge in [0.25, 0.3) is 0 Å². The van der Waals surface area contributed by atoms with Crippen LogP contribution in [0.25, 0.3) is 0 Å². The van der Waals surface area contributed by atoms with Crippen LogP contribution in [-0.2, 0) is 9.84 Å². The fraction of sp³-hybridized carbons (Fsp3) is 0.0714. The number of rotatable bonds is 4. The van der Waals surface area contributed by atoms with Crippen LogP contribution in [-0.4, -0.2) is 25.7 Å². The lowest BCUT2D eigenvalue weighted by molar-refractivity contribution is 0.0697. The summed E-state index contributed by atoms with van der Waals surface area (Å²) in [5.41, 5.74) is 0.133. The Labute approximate surface area is 116 Å². The molecular formula is C14H12O5S. The normalized spacial score (nSPS) is 11.1. The molecule has 0 atom stereocenters. The van der Waals surface area contributed by atoms with Gasteiger partial charge in [0.05, 0.1) is 5.56 Å². The smallest absolute Gasteiger partial charge is 0.335 e. The van der Waals surface area contributed by atoms with Crippen molar-refractivity contribution in [2.75, 3.05) is 6.26 Å². The molecule has 20 heavy (non-hydrogen) atoms. The van der Waals surface area contributed by atoms with Gasteiger partial charge in [-0.2, -0.15) is 0 Å². The summed E-state index contributed by atoms with van der Waals surface area (Å²) in [7, 11) is -3.39. The van der Waals surface area contributed by atoms with Crippen molar-refractivity contribution in [3.8, 4) is 11.5 Å². The highest BCUT2D eigenvalue weighted by Crippen LogP contribution is 2.28. The third-order valence-electron chi connectivity index (χ3n) is 2.58. The molecule has 0 fully saturated rings. The molecule has 5 nitrogen and oxygen atoms in total. The summed E-state index contributed by atoms with van der Waals surface area (Å²) < 4.78 is 28.8.